The van der Waals surface area contributed by atoms with Gasteiger partial charge in [-0.05, 0) is 18.3 Å². The third-order valence-electron chi connectivity index (χ3n) is 3.72. The van der Waals surface area contributed by atoms with Gasteiger partial charge in [-0.3, -0.25) is 4.79 Å². The molecule has 0 aromatic heterocycles. The monoisotopic (exact) mass is 286 g/mol. The molecule has 0 aliphatic heterocycles. The van der Waals surface area contributed by atoms with E-state index in [0.29, 0.717) is 6.54 Å². The van der Waals surface area contributed by atoms with Gasteiger partial charge in [-0.15, -0.1) is 0 Å². The number of carboxylic acids is 2. The third-order valence-corrected chi connectivity index (χ3v) is 3.72. The zero-order valence-corrected chi connectivity index (χ0v) is 11.6. The van der Waals surface area contributed by atoms with E-state index in [1.54, 1.807) is 0 Å². The van der Waals surface area contributed by atoms with Crippen LogP contribution in [0.25, 0.3) is 0 Å². The van der Waals surface area contributed by atoms with Gasteiger partial charge in [0.05, 0.1) is 6.42 Å². The summed E-state index contributed by atoms with van der Waals surface area (Å²) in [6.45, 7) is 2.57. The predicted molar refractivity (Wildman–Crippen MR) is 71.4 cm³/mol. The highest BCUT2D eigenvalue weighted by Crippen LogP contribution is 2.34. The molecule has 0 spiro atoms. The van der Waals surface area contributed by atoms with Crippen molar-refractivity contribution in [2.24, 2.45) is 5.41 Å². The Morgan fingerprint density at radius 2 is 1.75 bits per heavy atom. The summed E-state index contributed by atoms with van der Waals surface area (Å²) < 4.78 is 0. The number of aliphatic carboxylic acids is 2. The Hall–Kier alpha value is -1.79. The van der Waals surface area contributed by atoms with Crippen molar-refractivity contribution in [3.05, 3.63) is 0 Å². The van der Waals surface area contributed by atoms with Gasteiger partial charge in [0.2, 0.25) is 0 Å². The van der Waals surface area contributed by atoms with Gasteiger partial charge < -0.3 is 20.8 Å². The van der Waals surface area contributed by atoms with Gasteiger partial charge >= 0.3 is 18.0 Å². The topological polar surface area (TPSA) is 116 Å². The molecule has 1 saturated carbocycles. The molecule has 0 aromatic carbocycles. The maximum absolute atomic E-state index is 11.6. The number of carboxylic acid groups (broad SMARTS) is 2. The van der Waals surface area contributed by atoms with E-state index in [1.807, 2.05) is 0 Å². The molecule has 7 nitrogen and oxygen atoms in total. The van der Waals surface area contributed by atoms with Gasteiger partial charge in [-0.1, -0.05) is 26.2 Å². The lowest BCUT2D eigenvalue weighted by atomic mass is 9.76. The molecule has 1 fully saturated rings. The Morgan fingerprint density at radius 1 is 1.15 bits per heavy atom. The summed E-state index contributed by atoms with van der Waals surface area (Å²) in [5.41, 5.74) is 0.0428. The molecule has 7 heteroatoms. The smallest absolute Gasteiger partial charge is 0.326 e. The lowest BCUT2D eigenvalue weighted by Crippen LogP contribution is -2.49. The van der Waals surface area contributed by atoms with Crippen molar-refractivity contribution >= 4 is 18.0 Å². The summed E-state index contributed by atoms with van der Waals surface area (Å²) in [5, 5.41) is 22.2. The summed E-state index contributed by atoms with van der Waals surface area (Å²) in [4.78, 5) is 33.0. The van der Waals surface area contributed by atoms with E-state index in [0.717, 1.165) is 25.7 Å². The van der Waals surface area contributed by atoms with Crippen molar-refractivity contribution < 1.29 is 24.6 Å². The number of amides is 2. The molecule has 1 atom stereocenters. The minimum atomic E-state index is -1.41. The van der Waals surface area contributed by atoms with Crippen LogP contribution in [0.1, 0.15) is 45.4 Å². The van der Waals surface area contributed by atoms with E-state index in [1.165, 1.54) is 6.42 Å². The fourth-order valence-corrected chi connectivity index (χ4v) is 2.46. The second kappa shape index (κ2) is 7.12. The van der Waals surface area contributed by atoms with Crippen LogP contribution in [-0.4, -0.2) is 40.8 Å². The molecule has 1 aliphatic carbocycles. The second-order valence-electron chi connectivity index (χ2n) is 5.69. The molecule has 114 valence electrons. The molecule has 1 rings (SSSR count). The summed E-state index contributed by atoms with van der Waals surface area (Å²) in [5.74, 6) is -2.62. The van der Waals surface area contributed by atoms with Crippen LogP contribution in [0.2, 0.25) is 0 Å². The van der Waals surface area contributed by atoms with E-state index >= 15 is 0 Å². The Bertz CT molecular complexity index is 377. The van der Waals surface area contributed by atoms with Crippen LogP contribution < -0.4 is 10.6 Å². The fourth-order valence-electron chi connectivity index (χ4n) is 2.46. The highest BCUT2D eigenvalue weighted by molar-refractivity contribution is 5.86. The average Bonchev–Trinajstić information content (AvgIpc) is 2.36. The maximum atomic E-state index is 11.6. The maximum Gasteiger partial charge on any atom is 0.326 e. The third kappa shape index (κ3) is 5.46. The molecular formula is C13H22N2O5. The minimum Gasteiger partial charge on any atom is -0.481 e. The van der Waals surface area contributed by atoms with Crippen molar-refractivity contribution in [1.82, 2.24) is 10.6 Å². The highest BCUT2D eigenvalue weighted by Gasteiger charge is 2.28. The highest BCUT2D eigenvalue weighted by atomic mass is 16.4. The first-order valence-corrected chi connectivity index (χ1v) is 6.81. The number of rotatable bonds is 6. The quantitative estimate of drug-likeness (QED) is 0.585. The van der Waals surface area contributed by atoms with Crippen LogP contribution in [0, 0.1) is 5.41 Å². The number of nitrogens with one attached hydrogen (secondary N) is 2. The average molecular weight is 286 g/mol. The van der Waals surface area contributed by atoms with Crippen LogP contribution in [-0.2, 0) is 9.59 Å². The van der Waals surface area contributed by atoms with E-state index in [2.05, 4.69) is 17.6 Å². The largest absolute Gasteiger partial charge is 0.481 e. The van der Waals surface area contributed by atoms with Crippen LogP contribution >= 0.6 is 0 Å². The zero-order valence-electron chi connectivity index (χ0n) is 11.6. The van der Waals surface area contributed by atoms with Crippen LogP contribution in [0.5, 0.6) is 0 Å². The van der Waals surface area contributed by atoms with Crippen LogP contribution in [0.4, 0.5) is 4.79 Å². The molecule has 0 aromatic rings. The summed E-state index contributed by atoms with van der Waals surface area (Å²) >= 11 is 0. The molecule has 4 N–H and O–H groups in total. The van der Waals surface area contributed by atoms with Gasteiger partial charge in [-0.25, -0.2) is 9.59 Å². The molecule has 0 saturated heterocycles. The van der Waals surface area contributed by atoms with E-state index < -0.39 is 30.4 Å². The molecule has 0 unspecified atom stereocenters. The predicted octanol–water partition coefficient (Wildman–Crippen LogP) is 1.18. The molecule has 1 aliphatic rings. The number of hydrogen-bond acceptors (Lipinski definition) is 3. The molecule has 0 radical (unpaired) electrons. The van der Waals surface area contributed by atoms with Crippen molar-refractivity contribution in [3.8, 4) is 0 Å². The van der Waals surface area contributed by atoms with Gasteiger partial charge in [0.15, 0.2) is 0 Å². The Kier molecular flexibility index (Phi) is 5.79. The number of urea groups is 1. The number of carbonyl (C=O) groups is 3. The summed E-state index contributed by atoms with van der Waals surface area (Å²) in [6.07, 6.45) is 4.91. The van der Waals surface area contributed by atoms with Gasteiger partial charge in [-0.2, -0.15) is 0 Å². The first-order chi connectivity index (χ1) is 9.32. The number of hydrogen-bond donors (Lipinski definition) is 4. The SMILES string of the molecule is CC1(CNC(=O)N[C@H](CC(=O)O)C(=O)O)CCCCC1. The van der Waals surface area contributed by atoms with Crippen LogP contribution in [0.3, 0.4) is 0 Å². The molecule has 0 bridgehead atoms. The lowest BCUT2D eigenvalue weighted by Gasteiger charge is -2.33. The van der Waals surface area contributed by atoms with Gasteiger partial charge in [0.1, 0.15) is 6.04 Å². The van der Waals surface area contributed by atoms with Crippen molar-refractivity contribution in [3.63, 3.8) is 0 Å². The summed E-state index contributed by atoms with van der Waals surface area (Å²) in [6, 6.07) is -2.04. The van der Waals surface area contributed by atoms with Crippen molar-refractivity contribution in [1.29, 1.82) is 0 Å². The standard InChI is InChI=1S/C13H22N2O5/c1-13(5-3-2-4-6-13)8-14-12(20)15-9(11(18)19)7-10(16)17/h9H,2-8H2,1H3,(H,16,17)(H,18,19)(H2,14,15,20)/t9-/m1/s1. The Labute approximate surface area is 117 Å². The molecule has 20 heavy (non-hydrogen) atoms. The normalized spacial score (nSPS) is 18.9. The van der Waals surface area contributed by atoms with Crippen molar-refractivity contribution in [2.75, 3.05) is 6.54 Å². The second-order valence-corrected chi connectivity index (χ2v) is 5.69. The van der Waals surface area contributed by atoms with E-state index in [9.17, 15) is 14.4 Å². The Morgan fingerprint density at radius 3 is 2.25 bits per heavy atom. The fraction of sp³-hybridized carbons (Fsp3) is 0.769. The zero-order chi connectivity index (χ0) is 15.2. The van der Waals surface area contributed by atoms with Crippen molar-refractivity contribution in [2.45, 2.75) is 51.5 Å². The molecule has 0 heterocycles. The van der Waals surface area contributed by atoms with Gasteiger partial charge in [0.25, 0.3) is 0 Å². The number of carbonyl (C=O) groups excluding carboxylic acids is 1. The van der Waals surface area contributed by atoms with E-state index in [-0.39, 0.29) is 5.41 Å². The first-order valence-electron chi connectivity index (χ1n) is 6.81. The Balaban J connectivity index is 2.41. The molecule has 2 amide bonds. The van der Waals surface area contributed by atoms with E-state index in [4.69, 9.17) is 10.2 Å². The summed E-state index contributed by atoms with van der Waals surface area (Å²) in [7, 11) is 0. The minimum absolute atomic E-state index is 0.0428. The molecular weight excluding hydrogens is 264 g/mol. The first kappa shape index (κ1) is 16.3. The lowest BCUT2D eigenvalue weighted by molar-refractivity contribution is -0.145. The van der Waals surface area contributed by atoms with Crippen LogP contribution in [0.15, 0.2) is 0 Å². The van der Waals surface area contributed by atoms with Gasteiger partial charge in [0, 0.05) is 6.54 Å².